The first kappa shape index (κ1) is 15.8. The van der Waals surface area contributed by atoms with Crippen LogP contribution in [0, 0.1) is 0 Å². The number of aromatic nitrogens is 1. The van der Waals surface area contributed by atoms with E-state index in [1.54, 1.807) is 0 Å². The molecule has 2 aromatic rings. The first-order valence-electron chi connectivity index (χ1n) is 7.99. The normalized spacial score (nSPS) is 19.0. The van der Waals surface area contributed by atoms with Crippen LogP contribution < -0.4 is 10.1 Å². The molecule has 0 bridgehead atoms. The van der Waals surface area contributed by atoms with Gasteiger partial charge in [0.15, 0.2) is 0 Å². The Kier molecular flexibility index (Phi) is 4.83. The van der Waals surface area contributed by atoms with Crippen molar-refractivity contribution in [2.45, 2.75) is 13.0 Å². The Labute approximate surface area is 135 Å². The molecule has 0 spiro atoms. The Balaban J connectivity index is 1.63. The van der Waals surface area contributed by atoms with Gasteiger partial charge in [-0.25, -0.2) is 0 Å². The third-order valence-electron chi connectivity index (χ3n) is 3.98. The zero-order chi connectivity index (χ0) is 16.2. The second-order valence-corrected chi connectivity index (χ2v) is 5.83. The minimum absolute atomic E-state index is 0.0478. The lowest BCUT2D eigenvalue weighted by Crippen LogP contribution is -2.45. The molecule has 1 atom stereocenters. The van der Waals surface area contributed by atoms with Gasteiger partial charge in [-0.1, -0.05) is 0 Å². The first-order chi connectivity index (χ1) is 11.2. The quantitative estimate of drug-likeness (QED) is 0.879. The molecular weight excluding hydrogens is 294 g/mol. The number of ether oxygens (including phenoxy) is 2. The van der Waals surface area contributed by atoms with Gasteiger partial charge in [-0.15, -0.1) is 0 Å². The Bertz CT molecular complexity index is 683. The van der Waals surface area contributed by atoms with E-state index in [2.05, 4.69) is 22.2 Å². The van der Waals surface area contributed by atoms with Crippen molar-refractivity contribution in [3.05, 3.63) is 30.0 Å². The van der Waals surface area contributed by atoms with Crippen LogP contribution in [-0.2, 0) is 4.74 Å². The zero-order valence-corrected chi connectivity index (χ0v) is 13.6. The van der Waals surface area contributed by atoms with Crippen molar-refractivity contribution in [3.63, 3.8) is 0 Å². The maximum atomic E-state index is 12.3. The molecule has 1 saturated heterocycles. The number of fused-ring (bicyclic) bond motifs is 1. The van der Waals surface area contributed by atoms with Crippen molar-refractivity contribution in [1.82, 2.24) is 15.2 Å². The lowest BCUT2D eigenvalue weighted by molar-refractivity contribution is -0.0175. The van der Waals surface area contributed by atoms with Crippen LogP contribution in [0.15, 0.2) is 24.3 Å². The highest BCUT2D eigenvalue weighted by molar-refractivity contribution is 5.98. The van der Waals surface area contributed by atoms with Gasteiger partial charge in [0.25, 0.3) is 5.91 Å². The Morgan fingerprint density at radius 1 is 1.48 bits per heavy atom. The number of benzene rings is 1. The summed E-state index contributed by atoms with van der Waals surface area (Å²) in [5.41, 5.74) is 1.45. The second kappa shape index (κ2) is 7.02. The summed E-state index contributed by atoms with van der Waals surface area (Å²) in [7, 11) is 2.06. The zero-order valence-electron chi connectivity index (χ0n) is 13.6. The second-order valence-electron chi connectivity index (χ2n) is 5.83. The van der Waals surface area contributed by atoms with Gasteiger partial charge in [0.05, 0.1) is 19.3 Å². The van der Waals surface area contributed by atoms with E-state index in [0.717, 1.165) is 29.7 Å². The lowest BCUT2D eigenvalue weighted by atomic mass is 10.2. The highest BCUT2D eigenvalue weighted by Crippen LogP contribution is 2.21. The molecule has 23 heavy (non-hydrogen) atoms. The molecule has 1 unspecified atom stereocenters. The Hall–Kier alpha value is -2.05. The van der Waals surface area contributed by atoms with Gasteiger partial charge in [0.1, 0.15) is 11.4 Å². The Morgan fingerprint density at radius 2 is 2.35 bits per heavy atom. The predicted octanol–water partition coefficient (Wildman–Crippen LogP) is 1.63. The van der Waals surface area contributed by atoms with Crippen molar-refractivity contribution in [2.24, 2.45) is 0 Å². The van der Waals surface area contributed by atoms with Crippen LogP contribution in [0.1, 0.15) is 17.4 Å². The smallest absolute Gasteiger partial charge is 0.267 e. The monoisotopic (exact) mass is 317 g/mol. The number of carbonyl (C=O) groups excluding carboxylic acids is 1. The molecule has 6 nitrogen and oxygen atoms in total. The number of carbonyl (C=O) groups is 1. The molecule has 1 aliphatic rings. The summed E-state index contributed by atoms with van der Waals surface area (Å²) >= 11 is 0. The summed E-state index contributed by atoms with van der Waals surface area (Å²) in [6, 6.07) is 7.63. The van der Waals surface area contributed by atoms with Gasteiger partial charge < -0.3 is 24.7 Å². The van der Waals surface area contributed by atoms with E-state index in [0.29, 0.717) is 25.5 Å². The van der Waals surface area contributed by atoms with Crippen LogP contribution in [0.5, 0.6) is 5.75 Å². The van der Waals surface area contributed by atoms with Gasteiger partial charge in [-0.05, 0) is 32.2 Å². The van der Waals surface area contributed by atoms with Crippen LogP contribution in [0.3, 0.4) is 0 Å². The summed E-state index contributed by atoms with van der Waals surface area (Å²) in [4.78, 5) is 17.7. The standard InChI is InChI=1S/C17H23N3O3/c1-3-22-13-5-4-12-8-16(19-15(12)9-13)17(21)18-10-14-11-20(2)6-7-23-14/h4-5,8-9,14,19H,3,6-7,10-11H2,1-2H3,(H,18,21). The number of morpholine rings is 1. The molecular formula is C17H23N3O3. The first-order valence-corrected chi connectivity index (χ1v) is 7.99. The average Bonchev–Trinajstić information content (AvgIpc) is 2.96. The van der Waals surface area contributed by atoms with E-state index >= 15 is 0 Å². The third-order valence-corrected chi connectivity index (χ3v) is 3.98. The number of amides is 1. The van der Waals surface area contributed by atoms with E-state index in [4.69, 9.17) is 9.47 Å². The molecule has 1 amide bonds. The Morgan fingerprint density at radius 3 is 3.13 bits per heavy atom. The average molecular weight is 317 g/mol. The molecule has 0 aliphatic carbocycles. The number of rotatable bonds is 5. The summed E-state index contributed by atoms with van der Waals surface area (Å²) in [5.74, 6) is 0.684. The minimum Gasteiger partial charge on any atom is -0.494 e. The van der Waals surface area contributed by atoms with E-state index in [9.17, 15) is 4.79 Å². The van der Waals surface area contributed by atoms with Gasteiger partial charge in [0, 0.05) is 36.6 Å². The number of H-pyrrole nitrogens is 1. The minimum atomic E-state index is -0.115. The number of likely N-dealkylation sites (N-methyl/N-ethyl adjacent to an activating group) is 1. The highest BCUT2D eigenvalue weighted by atomic mass is 16.5. The van der Waals surface area contributed by atoms with Crippen molar-refractivity contribution < 1.29 is 14.3 Å². The third kappa shape index (κ3) is 3.83. The molecule has 2 N–H and O–H groups in total. The fourth-order valence-corrected chi connectivity index (χ4v) is 2.78. The summed E-state index contributed by atoms with van der Waals surface area (Å²) in [6.45, 7) is 5.57. The fourth-order valence-electron chi connectivity index (χ4n) is 2.78. The molecule has 2 heterocycles. The van der Waals surface area contributed by atoms with Crippen LogP contribution in [0.25, 0.3) is 10.9 Å². The number of hydrogen-bond donors (Lipinski definition) is 2. The highest BCUT2D eigenvalue weighted by Gasteiger charge is 2.19. The van der Waals surface area contributed by atoms with Crippen LogP contribution in [-0.4, -0.2) is 61.8 Å². The van der Waals surface area contributed by atoms with Gasteiger partial charge in [0.2, 0.25) is 0 Å². The van der Waals surface area contributed by atoms with Gasteiger partial charge >= 0.3 is 0 Å². The molecule has 1 aromatic heterocycles. The number of hydrogen-bond acceptors (Lipinski definition) is 4. The molecule has 1 fully saturated rings. The maximum absolute atomic E-state index is 12.3. The van der Waals surface area contributed by atoms with E-state index in [-0.39, 0.29) is 12.0 Å². The van der Waals surface area contributed by atoms with Crippen molar-refractivity contribution in [2.75, 3.05) is 39.9 Å². The fraction of sp³-hybridized carbons (Fsp3) is 0.471. The molecule has 6 heteroatoms. The van der Waals surface area contributed by atoms with Crippen LogP contribution >= 0.6 is 0 Å². The molecule has 0 radical (unpaired) electrons. The number of nitrogens with zero attached hydrogens (tertiary/aromatic N) is 1. The summed E-state index contributed by atoms with van der Waals surface area (Å²) < 4.78 is 11.1. The number of aromatic amines is 1. The maximum Gasteiger partial charge on any atom is 0.267 e. The summed E-state index contributed by atoms with van der Waals surface area (Å²) in [5, 5.41) is 3.93. The molecule has 0 saturated carbocycles. The van der Waals surface area contributed by atoms with Crippen molar-refractivity contribution in [3.8, 4) is 5.75 Å². The lowest BCUT2D eigenvalue weighted by Gasteiger charge is -2.30. The van der Waals surface area contributed by atoms with Gasteiger partial charge in [-0.3, -0.25) is 4.79 Å². The van der Waals surface area contributed by atoms with E-state index in [1.165, 1.54) is 0 Å². The molecule has 124 valence electrons. The molecule has 1 aliphatic heterocycles. The van der Waals surface area contributed by atoms with Crippen molar-refractivity contribution in [1.29, 1.82) is 0 Å². The summed E-state index contributed by atoms with van der Waals surface area (Å²) in [6.07, 6.45) is 0.0478. The molecule has 3 rings (SSSR count). The SMILES string of the molecule is CCOc1ccc2cc(C(=O)NCC3CN(C)CCO3)[nH]c2c1. The van der Waals surface area contributed by atoms with Crippen LogP contribution in [0.2, 0.25) is 0 Å². The van der Waals surface area contributed by atoms with Crippen LogP contribution in [0.4, 0.5) is 0 Å². The van der Waals surface area contributed by atoms with E-state index in [1.807, 2.05) is 31.2 Å². The topological polar surface area (TPSA) is 66.6 Å². The van der Waals surface area contributed by atoms with Gasteiger partial charge in [-0.2, -0.15) is 0 Å². The predicted molar refractivity (Wildman–Crippen MR) is 89.0 cm³/mol. The number of nitrogens with one attached hydrogen (secondary N) is 2. The van der Waals surface area contributed by atoms with E-state index < -0.39 is 0 Å². The largest absolute Gasteiger partial charge is 0.494 e. The van der Waals surface area contributed by atoms with Crippen molar-refractivity contribution >= 4 is 16.8 Å². The molecule has 1 aromatic carbocycles.